The molecule has 0 radical (unpaired) electrons. The fraction of sp³-hybridized carbons (Fsp3) is 0.320. The number of carbonyl (C=O) groups excluding carboxylic acids is 1. The maximum atomic E-state index is 12.3. The van der Waals surface area contributed by atoms with E-state index in [-0.39, 0.29) is 11.9 Å². The minimum atomic E-state index is -1.26. The number of rotatable bonds is 10. The lowest BCUT2D eigenvalue weighted by atomic mass is 9.77. The molecule has 2 rings (SSSR count). The summed E-state index contributed by atoms with van der Waals surface area (Å²) in [6.07, 6.45) is 2.15. The molecule has 32 heavy (non-hydrogen) atoms. The van der Waals surface area contributed by atoms with Crippen molar-refractivity contribution in [1.82, 2.24) is 5.32 Å². The van der Waals surface area contributed by atoms with Gasteiger partial charge in [-0.25, -0.2) is 9.59 Å². The quantitative estimate of drug-likeness (QED) is 0.381. The molecule has 3 N–H and O–H groups in total. The second-order valence-electron chi connectivity index (χ2n) is 7.21. The number of esters is 1. The fourth-order valence-electron chi connectivity index (χ4n) is 3.26. The zero-order valence-corrected chi connectivity index (χ0v) is 18.7. The minimum Gasteiger partial charge on any atom is -0.478 e. The number of aliphatic carboxylic acids is 2. The van der Waals surface area contributed by atoms with Gasteiger partial charge in [-0.2, -0.15) is 0 Å². The average Bonchev–Trinajstić information content (AvgIpc) is 2.79. The van der Waals surface area contributed by atoms with Gasteiger partial charge in [-0.3, -0.25) is 4.79 Å². The van der Waals surface area contributed by atoms with Gasteiger partial charge < -0.3 is 20.3 Å². The molecule has 0 aliphatic carbocycles. The normalized spacial score (nSPS) is 13.3. The molecule has 0 bridgehead atoms. The van der Waals surface area contributed by atoms with Crippen LogP contribution in [-0.2, 0) is 31.1 Å². The Morgan fingerprint density at radius 3 is 1.91 bits per heavy atom. The van der Waals surface area contributed by atoms with Crippen molar-refractivity contribution in [2.24, 2.45) is 5.92 Å². The molecule has 2 aromatic rings. The third-order valence-corrected chi connectivity index (χ3v) is 4.83. The van der Waals surface area contributed by atoms with Crippen LogP contribution >= 0.6 is 0 Å². The first kappa shape index (κ1) is 26.6. The van der Waals surface area contributed by atoms with Crippen LogP contribution in [0, 0.1) is 5.92 Å². The summed E-state index contributed by atoms with van der Waals surface area (Å²) < 4.78 is 6.11. The van der Waals surface area contributed by atoms with Crippen molar-refractivity contribution in [3.63, 3.8) is 0 Å². The Hall–Kier alpha value is -3.45. The van der Waals surface area contributed by atoms with Crippen LogP contribution in [0.3, 0.4) is 0 Å². The molecule has 7 heteroatoms. The Bertz CT molecular complexity index is 866. The van der Waals surface area contributed by atoms with Gasteiger partial charge in [0, 0.05) is 37.5 Å². The molecular formula is C25H31NO6. The van der Waals surface area contributed by atoms with Crippen molar-refractivity contribution in [3.8, 4) is 0 Å². The van der Waals surface area contributed by atoms with Crippen molar-refractivity contribution < 1.29 is 29.3 Å². The van der Waals surface area contributed by atoms with Crippen molar-refractivity contribution in [2.75, 3.05) is 13.6 Å². The highest BCUT2D eigenvalue weighted by atomic mass is 16.6. The zero-order valence-electron chi connectivity index (χ0n) is 18.7. The van der Waals surface area contributed by atoms with Gasteiger partial charge >= 0.3 is 17.9 Å². The molecule has 0 spiro atoms. The van der Waals surface area contributed by atoms with E-state index in [4.69, 9.17) is 14.9 Å². The molecule has 0 unspecified atom stereocenters. The van der Waals surface area contributed by atoms with Crippen LogP contribution in [0.15, 0.2) is 72.8 Å². The highest BCUT2D eigenvalue weighted by molar-refractivity contribution is 5.89. The number of hydrogen-bond donors (Lipinski definition) is 3. The molecular weight excluding hydrogens is 410 g/mol. The van der Waals surface area contributed by atoms with Gasteiger partial charge in [0.05, 0.1) is 0 Å². The number of benzene rings is 2. The molecule has 7 nitrogen and oxygen atoms in total. The summed E-state index contributed by atoms with van der Waals surface area (Å²) in [6, 6.07) is 20.3. The summed E-state index contributed by atoms with van der Waals surface area (Å²) in [4.78, 5) is 31.4. The molecule has 172 valence electrons. The van der Waals surface area contributed by atoms with E-state index in [0.29, 0.717) is 25.0 Å². The smallest absolute Gasteiger partial charge is 0.328 e. The predicted octanol–water partition coefficient (Wildman–Crippen LogP) is 3.65. The van der Waals surface area contributed by atoms with E-state index in [0.717, 1.165) is 17.7 Å². The van der Waals surface area contributed by atoms with E-state index in [1.807, 2.05) is 50.4 Å². The van der Waals surface area contributed by atoms with Gasteiger partial charge in [0.2, 0.25) is 0 Å². The molecule has 0 aliphatic heterocycles. The summed E-state index contributed by atoms with van der Waals surface area (Å²) in [5.41, 5.74) is 1.52. The van der Waals surface area contributed by atoms with E-state index >= 15 is 0 Å². The second kappa shape index (κ2) is 13.8. The monoisotopic (exact) mass is 441 g/mol. The fourth-order valence-corrected chi connectivity index (χ4v) is 3.26. The van der Waals surface area contributed by atoms with Crippen LogP contribution in [0.5, 0.6) is 0 Å². The number of hydrogen-bond acceptors (Lipinski definition) is 5. The highest BCUT2D eigenvalue weighted by Crippen LogP contribution is 2.37. The standard InChI is InChI=1S/C21H27NO2.C4H4O4/c1-4-20(23)24-21(17(2)16-22-3,19-13-9-6-10-14-19)15-18-11-7-5-8-12-18;5-3(6)1-2-4(7)8/h5-14,17,22H,4,15-16H2,1-3H3;1-2H,(H,5,6)(H,7,8)/b;2-1-/t17-,21+;/m1./s1. The Morgan fingerprint density at radius 1 is 0.969 bits per heavy atom. The number of nitrogens with one attached hydrogen (secondary N) is 1. The maximum Gasteiger partial charge on any atom is 0.328 e. The summed E-state index contributed by atoms with van der Waals surface area (Å²) >= 11 is 0. The number of ether oxygens (including phenoxy) is 1. The third kappa shape index (κ3) is 8.73. The van der Waals surface area contributed by atoms with Gasteiger partial charge in [-0.1, -0.05) is 74.5 Å². The molecule has 0 aliphatic rings. The lowest BCUT2D eigenvalue weighted by molar-refractivity contribution is -0.167. The van der Waals surface area contributed by atoms with Crippen LogP contribution in [0.1, 0.15) is 31.4 Å². The predicted molar refractivity (Wildman–Crippen MR) is 122 cm³/mol. The lowest BCUT2D eigenvalue weighted by Gasteiger charge is -2.39. The van der Waals surface area contributed by atoms with E-state index in [1.165, 1.54) is 0 Å². The van der Waals surface area contributed by atoms with E-state index < -0.39 is 17.5 Å². The van der Waals surface area contributed by atoms with Crippen LogP contribution in [-0.4, -0.2) is 41.7 Å². The summed E-state index contributed by atoms with van der Waals surface area (Å²) in [6.45, 7) is 4.73. The van der Waals surface area contributed by atoms with Crippen LogP contribution in [0.25, 0.3) is 0 Å². The van der Waals surface area contributed by atoms with Gasteiger partial charge in [0.1, 0.15) is 5.60 Å². The summed E-state index contributed by atoms with van der Waals surface area (Å²) in [7, 11) is 1.93. The van der Waals surface area contributed by atoms with Gasteiger partial charge in [-0.15, -0.1) is 0 Å². The SMILES string of the molecule is CCC(=O)O[C@](Cc1ccccc1)(c1ccccc1)[C@H](C)CNC.O=C(O)/C=C\C(=O)O. The first-order valence-electron chi connectivity index (χ1n) is 10.3. The van der Waals surface area contributed by atoms with Crippen molar-refractivity contribution in [2.45, 2.75) is 32.3 Å². The van der Waals surface area contributed by atoms with Gasteiger partial charge in [0.25, 0.3) is 0 Å². The Labute approximate surface area is 188 Å². The first-order chi connectivity index (χ1) is 15.2. The number of carboxylic acids is 2. The number of carboxylic acid groups (broad SMARTS) is 2. The molecule has 0 aromatic heterocycles. The Balaban J connectivity index is 0.000000547. The molecule has 0 saturated carbocycles. The zero-order chi connectivity index (χ0) is 24.0. The molecule has 0 heterocycles. The third-order valence-electron chi connectivity index (χ3n) is 4.83. The van der Waals surface area contributed by atoms with E-state index in [1.54, 1.807) is 0 Å². The largest absolute Gasteiger partial charge is 0.478 e. The van der Waals surface area contributed by atoms with Crippen molar-refractivity contribution in [3.05, 3.63) is 83.9 Å². The van der Waals surface area contributed by atoms with Crippen molar-refractivity contribution in [1.29, 1.82) is 0 Å². The Kier molecular flexibility index (Phi) is 11.4. The molecule has 0 saturated heterocycles. The maximum absolute atomic E-state index is 12.3. The minimum absolute atomic E-state index is 0.126. The van der Waals surface area contributed by atoms with Crippen LogP contribution in [0.2, 0.25) is 0 Å². The molecule has 2 aromatic carbocycles. The first-order valence-corrected chi connectivity index (χ1v) is 10.3. The second-order valence-corrected chi connectivity index (χ2v) is 7.21. The summed E-state index contributed by atoms with van der Waals surface area (Å²) in [5.74, 6) is -2.56. The van der Waals surface area contributed by atoms with Gasteiger partial charge in [0.15, 0.2) is 0 Å². The molecule has 0 fully saturated rings. The lowest BCUT2D eigenvalue weighted by Crippen LogP contribution is -2.44. The van der Waals surface area contributed by atoms with E-state index in [2.05, 4.69) is 36.5 Å². The van der Waals surface area contributed by atoms with E-state index in [9.17, 15) is 14.4 Å². The average molecular weight is 442 g/mol. The highest BCUT2D eigenvalue weighted by Gasteiger charge is 2.41. The van der Waals surface area contributed by atoms with Gasteiger partial charge in [-0.05, 0) is 18.2 Å². The summed E-state index contributed by atoms with van der Waals surface area (Å²) in [5, 5.41) is 18.9. The molecule has 0 amide bonds. The van der Waals surface area contributed by atoms with Crippen LogP contribution in [0.4, 0.5) is 0 Å². The van der Waals surface area contributed by atoms with Crippen LogP contribution < -0.4 is 5.32 Å². The van der Waals surface area contributed by atoms with Crippen molar-refractivity contribution >= 4 is 17.9 Å². The number of carbonyl (C=O) groups is 3. The molecule has 2 atom stereocenters. The topological polar surface area (TPSA) is 113 Å². The Morgan fingerprint density at radius 2 is 1.47 bits per heavy atom.